The molecular formula is C15H24N2O2. The zero-order valence-corrected chi connectivity index (χ0v) is 11.5. The molecule has 0 unspecified atom stereocenters. The first kappa shape index (κ1) is 13.0. The predicted octanol–water partition coefficient (Wildman–Crippen LogP) is 2.70. The van der Waals surface area contributed by atoms with E-state index in [9.17, 15) is 4.79 Å². The Morgan fingerprint density at radius 2 is 2.11 bits per heavy atom. The predicted molar refractivity (Wildman–Crippen MR) is 74.2 cm³/mol. The Morgan fingerprint density at radius 1 is 1.26 bits per heavy atom. The van der Waals surface area contributed by atoms with E-state index >= 15 is 0 Å². The molecule has 2 atom stereocenters. The van der Waals surface area contributed by atoms with E-state index in [2.05, 4.69) is 5.32 Å². The molecule has 4 heteroatoms. The molecule has 2 heterocycles. The molecule has 4 nitrogen and oxygen atoms in total. The molecule has 0 bridgehead atoms. The van der Waals surface area contributed by atoms with Crippen LogP contribution in [0.1, 0.15) is 57.4 Å². The Labute approximate surface area is 114 Å². The Kier molecular flexibility index (Phi) is 4.06. The van der Waals surface area contributed by atoms with Gasteiger partial charge in [0.15, 0.2) is 0 Å². The van der Waals surface area contributed by atoms with Gasteiger partial charge in [-0.15, -0.1) is 0 Å². The van der Waals surface area contributed by atoms with Crippen molar-refractivity contribution in [3.05, 3.63) is 22.7 Å². The van der Waals surface area contributed by atoms with Gasteiger partial charge in [-0.2, -0.15) is 4.74 Å². The standard InChI is InChI=1S/C15H24N2O2/c18-15-7-9-19-17(15)14-6-8-16-13(11-14)10-12-4-2-1-3-5-12/h7,9,12-14,16H,1-6,8,10-11H2/t13-,14+/m1/s1. The molecule has 19 heavy (non-hydrogen) atoms. The maximum atomic E-state index is 11.7. The van der Waals surface area contributed by atoms with Crippen molar-refractivity contribution < 1.29 is 4.52 Å². The maximum Gasteiger partial charge on any atom is 0.282 e. The second-order valence-corrected chi connectivity index (χ2v) is 6.14. The summed E-state index contributed by atoms with van der Waals surface area (Å²) >= 11 is 0. The summed E-state index contributed by atoms with van der Waals surface area (Å²) in [5.74, 6) is 0.887. The van der Waals surface area contributed by atoms with Gasteiger partial charge in [-0.3, -0.25) is 4.79 Å². The van der Waals surface area contributed by atoms with Crippen molar-refractivity contribution in [2.45, 2.75) is 63.5 Å². The van der Waals surface area contributed by atoms with E-state index in [1.54, 1.807) is 4.74 Å². The fourth-order valence-electron chi connectivity index (χ4n) is 3.75. The molecule has 106 valence electrons. The number of piperidine rings is 1. The lowest BCUT2D eigenvalue weighted by atomic mass is 9.82. The van der Waals surface area contributed by atoms with Crippen molar-refractivity contribution in [1.29, 1.82) is 0 Å². The summed E-state index contributed by atoms with van der Waals surface area (Å²) in [6.45, 7) is 0.995. The van der Waals surface area contributed by atoms with Crippen molar-refractivity contribution in [2.75, 3.05) is 6.54 Å². The molecule has 1 saturated heterocycles. The fraction of sp³-hybridized carbons (Fsp3) is 0.800. The maximum absolute atomic E-state index is 11.7. The summed E-state index contributed by atoms with van der Waals surface area (Å²) in [5, 5.41) is 3.62. The largest absolute Gasteiger partial charge is 0.384 e. The second kappa shape index (κ2) is 5.95. The molecule has 2 fully saturated rings. The summed E-state index contributed by atoms with van der Waals surface area (Å²) < 4.78 is 6.88. The van der Waals surface area contributed by atoms with Crippen LogP contribution in [-0.4, -0.2) is 17.3 Å². The van der Waals surface area contributed by atoms with Crippen LogP contribution < -0.4 is 10.9 Å². The third-order valence-electron chi connectivity index (χ3n) is 4.74. The highest BCUT2D eigenvalue weighted by atomic mass is 16.5. The summed E-state index contributed by atoms with van der Waals surface area (Å²) in [6, 6.07) is 2.31. The van der Waals surface area contributed by atoms with Crippen molar-refractivity contribution in [1.82, 2.24) is 10.1 Å². The van der Waals surface area contributed by atoms with Gasteiger partial charge in [0, 0.05) is 12.1 Å². The van der Waals surface area contributed by atoms with E-state index in [0.717, 1.165) is 25.3 Å². The number of hydrogen-bond donors (Lipinski definition) is 1. The molecule has 0 radical (unpaired) electrons. The van der Waals surface area contributed by atoms with Crippen molar-refractivity contribution in [3.8, 4) is 0 Å². The van der Waals surface area contributed by atoms with E-state index < -0.39 is 0 Å². The van der Waals surface area contributed by atoms with Crippen LogP contribution >= 0.6 is 0 Å². The molecular weight excluding hydrogens is 240 g/mol. The van der Waals surface area contributed by atoms with E-state index in [-0.39, 0.29) is 11.6 Å². The van der Waals surface area contributed by atoms with Crippen LogP contribution in [0, 0.1) is 5.92 Å². The van der Waals surface area contributed by atoms with Gasteiger partial charge in [0.2, 0.25) is 0 Å². The third kappa shape index (κ3) is 3.11. The highest BCUT2D eigenvalue weighted by Crippen LogP contribution is 2.31. The average molecular weight is 264 g/mol. The fourth-order valence-corrected chi connectivity index (χ4v) is 3.75. The van der Waals surface area contributed by atoms with Crippen LogP contribution in [0.3, 0.4) is 0 Å². The topological polar surface area (TPSA) is 47.2 Å². The minimum absolute atomic E-state index is 0.00307. The molecule has 0 aromatic carbocycles. The highest BCUT2D eigenvalue weighted by Gasteiger charge is 2.27. The molecule has 3 rings (SSSR count). The lowest BCUT2D eigenvalue weighted by Crippen LogP contribution is -2.41. The van der Waals surface area contributed by atoms with Gasteiger partial charge in [0.25, 0.3) is 5.56 Å². The second-order valence-electron chi connectivity index (χ2n) is 6.14. The Hall–Kier alpha value is -1.03. The normalized spacial score (nSPS) is 29.5. The lowest BCUT2D eigenvalue weighted by molar-refractivity contribution is 0.149. The van der Waals surface area contributed by atoms with E-state index in [4.69, 9.17) is 4.52 Å². The summed E-state index contributed by atoms with van der Waals surface area (Å²) in [7, 11) is 0. The van der Waals surface area contributed by atoms with Gasteiger partial charge in [-0.25, -0.2) is 0 Å². The average Bonchev–Trinajstić information content (AvgIpc) is 2.86. The van der Waals surface area contributed by atoms with Gasteiger partial charge in [-0.1, -0.05) is 32.1 Å². The van der Waals surface area contributed by atoms with Crippen LogP contribution in [0.5, 0.6) is 0 Å². The van der Waals surface area contributed by atoms with Crippen LogP contribution in [0.15, 0.2) is 21.6 Å². The molecule has 1 N–H and O–H groups in total. The Morgan fingerprint density at radius 3 is 2.84 bits per heavy atom. The molecule has 1 aromatic rings. The summed E-state index contributed by atoms with van der Waals surface area (Å²) in [5.41, 5.74) is 0.00307. The first-order valence-electron chi connectivity index (χ1n) is 7.73. The smallest absolute Gasteiger partial charge is 0.282 e. The zero-order chi connectivity index (χ0) is 13.1. The van der Waals surface area contributed by atoms with Crippen LogP contribution in [0.2, 0.25) is 0 Å². The minimum Gasteiger partial charge on any atom is -0.384 e. The molecule has 1 aromatic heterocycles. The van der Waals surface area contributed by atoms with Crippen LogP contribution in [0.4, 0.5) is 0 Å². The van der Waals surface area contributed by atoms with Gasteiger partial charge >= 0.3 is 0 Å². The van der Waals surface area contributed by atoms with Crippen molar-refractivity contribution in [3.63, 3.8) is 0 Å². The summed E-state index contributed by atoms with van der Waals surface area (Å²) in [6.07, 6.45) is 11.8. The number of hydrogen-bond acceptors (Lipinski definition) is 3. The summed E-state index contributed by atoms with van der Waals surface area (Å²) in [4.78, 5) is 11.7. The molecule has 1 aliphatic heterocycles. The third-order valence-corrected chi connectivity index (χ3v) is 4.74. The van der Waals surface area contributed by atoms with Gasteiger partial charge in [-0.05, 0) is 31.7 Å². The molecule has 1 saturated carbocycles. The minimum atomic E-state index is 0.00307. The molecule has 2 aliphatic rings. The quantitative estimate of drug-likeness (QED) is 0.913. The van der Waals surface area contributed by atoms with Gasteiger partial charge in [0.05, 0.1) is 6.04 Å². The zero-order valence-electron chi connectivity index (χ0n) is 11.5. The van der Waals surface area contributed by atoms with Crippen molar-refractivity contribution in [2.24, 2.45) is 5.92 Å². The number of nitrogens with zero attached hydrogens (tertiary/aromatic N) is 1. The van der Waals surface area contributed by atoms with Crippen LogP contribution in [0.25, 0.3) is 0 Å². The van der Waals surface area contributed by atoms with Crippen LogP contribution in [-0.2, 0) is 0 Å². The molecule has 1 aliphatic carbocycles. The number of nitrogens with one attached hydrogen (secondary N) is 1. The Balaban J connectivity index is 1.58. The van der Waals surface area contributed by atoms with E-state index in [1.165, 1.54) is 50.9 Å². The highest BCUT2D eigenvalue weighted by molar-refractivity contribution is 4.86. The lowest BCUT2D eigenvalue weighted by Gasteiger charge is -2.33. The number of rotatable bonds is 3. The first-order valence-corrected chi connectivity index (χ1v) is 7.73. The van der Waals surface area contributed by atoms with E-state index in [1.807, 2.05) is 0 Å². The van der Waals surface area contributed by atoms with E-state index in [0.29, 0.717) is 6.04 Å². The SMILES string of the molecule is O=c1ccon1[C@H]1CCN[C@H](CC2CCCCC2)C1. The number of aromatic nitrogens is 1. The molecule has 0 amide bonds. The van der Waals surface area contributed by atoms with Gasteiger partial charge in [0.1, 0.15) is 6.26 Å². The molecule has 0 spiro atoms. The van der Waals surface area contributed by atoms with Crippen molar-refractivity contribution >= 4 is 0 Å². The monoisotopic (exact) mass is 264 g/mol. The first-order chi connectivity index (χ1) is 9.33. The van der Waals surface area contributed by atoms with Gasteiger partial charge < -0.3 is 9.84 Å². The Bertz CT molecular complexity index is 445.